The van der Waals surface area contributed by atoms with Crippen LogP contribution in [0.1, 0.15) is 44.6 Å². The fourth-order valence-corrected chi connectivity index (χ4v) is 3.85. The predicted octanol–water partition coefficient (Wildman–Crippen LogP) is 2.62. The normalized spacial score (nSPS) is 22.6. The van der Waals surface area contributed by atoms with Crippen LogP contribution in [0.2, 0.25) is 0 Å². The molecule has 1 N–H and O–H groups in total. The number of hydrogen-bond donors (Lipinski definition) is 1. The summed E-state index contributed by atoms with van der Waals surface area (Å²) in [5, 5.41) is 3.10. The molecule has 2 amide bonds. The Kier molecular flexibility index (Phi) is 4.88. The number of piperidine rings is 1. The highest BCUT2D eigenvalue weighted by molar-refractivity contribution is 5.80. The molecule has 0 unspecified atom stereocenters. The van der Waals surface area contributed by atoms with Gasteiger partial charge in [0.2, 0.25) is 11.8 Å². The third-order valence-electron chi connectivity index (χ3n) is 5.61. The van der Waals surface area contributed by atoms with Gasteiger partial charge in [-0.2, -0.15) is 0 Å². The number of halogens is 1. The average molecular weight is 332 g/mol. The minimum Gasteiger partial charge on any atom is -0.355 e. The fraction of sp³-hybridized carbons (Fsp3) is 0.579. The zero-order chi connectivity index (χ0) is 17.2. The molecule has 1 heterocycles. The van der Waals surface area contributed by atoms with Crippen molar-refractivity contribution in [2.45, 2.75) is 44.4 Å². The molecule has 1 saturated heterocycles. The van der Waals surface area contributed by atoms with Crippen LogP contribution in [0.15, 0.2) is 24.3 Å². The molecule has 1 aliphatic carbocycles. The van der Waals surface area contributed by atoms with E-state index in [4.69, 9.17) is 0 Å². The van der Waals surface area contributed by atoms with Gasteiger partial charge in [0.05, 0.1) is 5.92 Å². The maximum Gasteiger partial charge on any atom is 0.224 e. The summed E-state index contributed by atoms with van der Waals surface area (Å²) in [5.74, 6) is -0.277. The van der Waals surface area contributed by atoms with Crippen molar-refractivity contribution in [3.63, 3.8) is 0 Å². The van der Waals surface area contributed by atoms with Gasteiger partial charge in [-0.05, 0) is 43.4 Å². The van der Waals surface area contributed by atoms with Crippen molar-refractivity contribution in [3.8, 4) is 0 Å². The topological polar surface area (TPSA) is 49.4 Å². The lowest BCUT2D eigenvalue weighted by molar-refractivity contribution is -0.134. The largest absolute Gasteiger partial charge is 0.355 e. The third-order valence-corrected chi connectivity index (χ3v) is 5.61. The average Bonchev–Trinajstić information content (AvgIpc) is 2.55. The first-order chi connectivity index (χ1) is 11.5. The molecule has 0 bridgehead atoms. The number of likely N-dealkylation sites (tertiary alicyclic amines) is 1. The van der Waals surface area contributed by atoms with Crippen molar-refractivity contribution in [2.75, 3.05) is 19.6 Å². The molecule has 1 aromatic rings. The second-order valence-corrected chi connectivity index (χ2v) is 7.16. The lowest BCUT2D eigenvalue weighted by Gasteiger charge is -2.43. The molecule has 1 saturated carbocycles. The van der Waals surface area contributed by atoms with Gasteiger partial charge in [0.1, 0.15) is 5.82 Å². The smallest absolute Gasteiger partial charge is 0.224 e. The standard InChI is InChI=1S/C19H25FN2O2/c1-14(23)22-11-2-4-15(12-22)18(24)21-13-19(9-3-10-19)16-5-7-17(20)8-6-16/h5-8,15H,2-4,9-13H2,1H3,(H,21,24)/t15-/m0/s1. The van der Waals surface area contributed by atoms with Crippen LogP contribution in [0.25, 0.3) is 0 Å². The van der Waals surface area contributed by atoms with Gasteiger partial charge in [0.15, 0.2) is 0 Å². The highest BCUT2D eigenvalue weighted by Gasteiger charge is 2.39. The lowest BCUT2D eigenvalue weighted by Crippen LogP contribution is -2.50. The Hall–Kier alpha value is -1.91. The van der Waals surface area contributed by atoms with Crippen molar-refractivity contribution in [3.05, 3.63) is 35.6 Å². The number of carbonyl (C=O) groups is 2. The molecule has 1 aliphatic heterocycles. The van der Waals surface area contributed by atoms with Crippen LogP contribution in [0.5, 0.6) is 0 Å². The summed E-state index contributed by atoms with van der Waals surface area (Å²) < 4.78 is 13.2. The molecular weight excluding hydrogens is 307 g/mol. The van der Waals surface area contributed by atoms with Crippen LogP contribution in [-0.4, -0.2) is 36.3 Å². The fourth-order valence-electron chi connectivity index (χ4n) is 3.85. The minimum atomic E-state index is -0.233. The van der Waals surface area contributed by atoms with Gasteiger partial charge in [-0.25, -0.2) is 4.39 Å². The van der Waals surface area contributed by atoms with Gasteiger partial charge in [-0.15, -0.1) is 0 Å². The summed E-state index contributed by atoms with van der Waals surface area (Å²) >= 11 is 0. The van der Waals surface area contributed by atoms with Crippen LogP contribution >= 0.6 is 0 Å². The van der Waals surface area contributed by atoms with Crippen molar-refractivity contribution >= 4 is 11.8 Å². The number of hydrogen-bond acceptors (Lipinski definition) is 2. The predicted molar refractivity (Wildman–Crippen MR) is 89.9 cm³/mol. The van der Waals surface area contributed by atoms with E-state index in [1.165, 1.54) is 12.1 Å². The highest BCUT2D eigenvalue weighted by atomic mass is 19.1. The lowest BCUT2D eigenvalue weighted by atomic mass is 9.64. The van der Waals surface area contributed by atoms with Crippen LogP contribution in [-0.2, 0) is 15.0 Å². The molecule has 130 valence electrons. The molecule has 0 radical (unpaired) electrons. The van der Waals surface area contributed by atoms with Crippen LogP contribution in [0.3, 0.4) is 0 Å². The number of carbonyl (C=O) groups excluding carboxylic acids is 2. The van der Waals surface area contributed by atoms with E-state index in [1.54, 1.807) is 11.8 Å². The number of benzene rings is 1. The Morgan fingerprint density at radius 1 is 1.25 bits per heavy atom. The molecule has 5 heteroatoms. The molecule has 2 aliphatic rings. The molecule has 1 atom stereocenters. The van der Waals surface area contributed by atoms with E-state index in [0.29, 0.717) is 13.1 Å². The summed E-state index contributed by atoms with van der Waals surface area (Å²) in [6.45, 7) is 3.41. The Morgan fingerprint density at radius 3 is 2.54 bits per heavy atom. The van der Waals surface area contributed by atoms with Crippen molar-refractivity contribution in [2.24, 2.45) is 5.92 Å². The molecule has 0 spiro atoms. The number of nitrogens with one attached hydrogen (secondary N) is 1. The maximum absolute atomic E-state index is 13.2. The first kappa shape index (κ1) is 16.9. The second kappa shape index (κ2) is 6.91. The van der Waals surface area contributed by atoms with Gasteiger partial charge in [-0.1, -0.05) is 18.6 Å². The van der Waals surface area contributed by atoms with Crippen molar-refractivity contribution in [1.82, 2.24) is 10.2 Å². The van der Waals surface area contributed by atoms with E-state index in [1.807, 2.05) is 12.1 Å². The molecule has 24 heavy (non-hydrogen) atoms. The summed E-state index contributed by atoms with van der Waals surface area (Å²) in [7, 11) is 0. The van der Waals surface area contributed by atoms with E-state index in [-0.39, 0.29) is 29.0 Å². The maximum atomic E-state index is 13.2. The third kappa shape index (κ3) is 3.45. The van der Waals surface area contributed by atoms with Crippen LogP contribution in [0, 0.1) is 11.7 Å². The van der Waals surface area contributed by atoms with Gasteiger partial charge in [0.25, 0.3) is 0 Å². The monoisotopic (exact) mass is 332 g/mol. The minimum absolute atomic E-state index is 0.0364. The van der Waals surface area contributed by atoms with E-state index < -0.39 is 0 Å². The van der Waals surface area contributed by atoms with Crippen LogP contribution < -0.4 is 5.32 Å². The van der Waals surface area contributed by atoms with E-state index in [9.17, 15) is 14.0 Å². The number of nitrogens with zero attached hydrogens (tertiary/aromatic N) is 1. The quantitative estimate of drug-likeness (QED) is 0.921. The van der Waals surface area contributed by atoms with Gasteiger partial charge >= 0.3 is 0 Å². The summed E-state index contributed by atoms with van der Waals surface area (Å²) in [6.07, 6.45) is 4.88. The Morgan fingerprint density at radius 2 is 1.96 bits per heavy atom. The molecule has 3 rings (SSSR count). The highest BCUT2D eigenvalue weighted by Crippen LogP contribution is 2.43. The molecule has 4 nitrogen and oxygen atoms in total. The van der Waals surface area contributed by atoms with E-state index in [2.05, 4.69) is 5.32 Å². The van der Waals surface area contributed by atoms with Gasteiger partial charge < -0.3 is 10.2 Å². The zero-order valence-electron chi connectivity index (χ0n) is 14.2. The Bertz CT molecular complexity index is 610. The molecule has 2 fully saturated rings. The second-order valence-electron chi connectivity index (χ2n) is 7.16. The van der Waals surface area contributed by atoms with Gasteiger partial charge in [-0.3, -0.25) is 9.59 Å². The first-order valence-corrected chi connectivity index (χ1v) is 8.79. The SMILES string of the molecule is CC(=O)N1CCC[C@H](C(=O)NCC2(c3ccc(F)cc3)CCC2)C1. The summed E-state index contributed by atoms with van der Waals surface area (Å²) in [5.41, 5.74) is 1.04. The molecule has 0 aromatic heterocycles. The Labute approximate surface area is 142 Å². The summed E-state index contributed by atoms with van der Waals surface area (Å²) in [4.78, 5) is 25.8. The number of rotatable bonds is 4. The first-order valence-electron chi connectivity index (χ1n) is 8.79. The molecule has 1 aromatic carbocycles. The van der Waals surface area contributed by atoms with E-state index >= 15 is 0 Å². The van der Waals surface area contributed by atoms with Gasteiger partial charge in [0, 0.05) is 32.0 Å². The zero-order valence-corrected chi connectivity index (χ0v) is 14.2. The molecular formula is C19H25FN2O2. The van der Waals surface area contributed by atoms with E-state index in [0.717, 1.165) is 44.2 Å². The number of amides is 2. The summed E-state index contributed by atoms with van der Waals surface area (Å²) in [6, 6.07) is 6.64. The Balaban J connectivity index is 1.60. The van der Waals surface area contributed by atoms with Crippen LogP contribution in [0.4, 0.5) is 4.39 Å². The van der Waals surface area contributed by atoms with Crippen molar-refractivity contribution < 1.29 is 14.0 Å². The van der Waals surface area contributed by atoms with Crippen molar-refractivity contribution in [1.29, 1.82) is 0 Å².